The van der Waals surface area contributed by atoms with E-state index < -0.39 is 0 Å². The van der Waals surface area contributed by atoms with Gasteiger partial charge in [-0.05, 0) is 13.8 Å². The zero-order valence-corrected chi connectivity index (χ0v) is 15.0. The highest BCUT2D eigenvalue weighted by Gasteiger charge is 2.33. The molecule has 1 aliphatic rings. The van der Waals surface area contributed by atoms with Crippen LogP contribution in [-0.2, 0) is 4.74 Å². The lowest BCUT2D eigenvalue weighted by Crippen LogP contribution is -2.45. The smallest absolute Gasteiger partial charge is 0.323 e. The van der Waals surface area contributed by atoms with Crippen LogP contribution in [0.15, 0.2) is 4.42 Å². The van der Waals surface area contributed by atoms with Crippen molar-refractivity contribution >= 4 is 22.4 Å². The van der Waals surface area contributed by atoms with E-state index >= 15 is 0 Å². The first kappa shape index (κ1) is 16.8. The van der Waals surface area contributed by atoms with Crippen molar-refractivity contribution in [3.05, 3.63) is 22.5 Å². The summed E-state index contributed by atoms with van der Waals surface area (Å²) in [5.74, 6) is 1.11. The molecule has 3 heterocycles. The topological polar surface area (TPSA) is 93.4 Å². The second-order valence-electron chi connectivity index (χ2n) is 5.99. The van der Waals surface area contributed by atoms with Crippen LogP contribution in [0.4, 0.5) is 9.80 Å². The molecule has 9 heteroatoms. The number of hydrogen-bond acceptors (Lipinski definition) is 7. The fourth-order valence-electron chi connectivity index (χ4n) is 2.48. The van der Waals surface area contributed by atoms with Gasteiger partial charge in [0.25, 0.3) is 0 Å². The summed E-state index contributed by atoms with van der Waals surface area (Å²) in [6.07, 6.45) is 0. The largest absolute Gasteiger partial charge is 0.423 e. The summed E-state index contributed by atoms with van der Waals surface area (Å²) < 4.78 is 11.2. The van der Waals surface area contributed by atoms with Crippen LogP contribution in [0, 0.1) is 13.8 Å². The minimum absolute atomic E-state index is 0.140. The number of morpholine rings is 1. The van der Waals surface area contributed by atoms with Gasteiger partial charge in [-0.3, -0.25) is 5.32 Å². The van der Waals surface area contributed by atoms with Crippen molar-refractivity contribution in [2.75, 3.05) is 25.1 Å². The van der Waals surface area contributed by atoms with Crippen molar-refractivity contribution < 1.29 is 13.9 Å². The van der Waals surface area contributed by atoms with Crippen LogP contribution in [0.2, 0.25) is 0 Å². The number of carbonyl (C=O) groups is 1. The summed E-state index contributed by atoms with van der Waals surface area (Å²) in [5, 5.41) is 12.7. The summed E-state index contributed by atoms with van der Waals surface area (Å²) in [4.78, 5) is 18.7. The monoisotopic (exact) mass is 351 g/mol. The van der Waals surface area contributed by atoms with Crippen LogP contribution in [-0.4, -0.2) is 45.9 Å². The van der Waals surface area contributed by atoms with E-state index in [9.17, 15) is 4.79 Å². The lowest BCUT2D eigenvalue weighted by molar-refractivity contribution is 0.00495. The number of aryl methyl sites for hydroxylation is 2. The highest BCUT2D eigenvalue weighted by molar-refractivity contribution is 7.16. The van der Waals surface area contributed by atoms with E-state index in [2.05, 4.69) is 20.5 Å². The Bertz CT molecular complexity index is 727. The average molecular weight is 351 g/mol. The van der Waals surface area contributed by atoms with Crippen LogP contribution in [0.1, 0.15) is 48.3 Å². The third-order valence-corrected chi connectivity index (χ3v) is 4.74. The van der Waals surface area contributed by atoms with Crippen LogP contribution in [0.5, 0.6) is 0 Å². The molecule has 1 unspecified atom stereocenters. The number of amides is 2. The minimum atomic E-state index is -0.381. The molecule has 0 bridgehead atoms. The van der Waals surface area contributed by atoms with Gasteiger partial charge in [0, 0.05) is 12.5 Å². The number of urea groups is 1. The Morgan fingerprint density at radius 2 is 2.17 bits per heavy atom. The molecule has 1 fully saturated rings. The van der Waals surface area contributed by atoms with Gasteiger partial charge in [0.05, 0.1) is 23.9 Å². The molecule has 0 aliphatic carbocycles. The van der Waals surface area contributed by atoms with Crippen LogP contribution in [0.3, 0.4) is 0 Å². The maximum absolute atomic E-state index is 12.7. The number of carbonyl (C=O) groups excluding carboxylic acids is 1. The average Bonchev–Trinajstić information content (AvgIpc) is 3.14. The molecular formula is C15H21N5O3S. The van der Waals surface area contributed by atoms with Crippen molar-refractivity contribution in [1.29, 1.82) is 0 Å². The molecule has 2 aromatic rings. The highest BCUT2D eigenvalue weighted by Crippen LogP contribution is 2.28. The van der Waals surface area contributed by atoms with Gasteiger partial charge in [0.1, 0.15) is 11.0 Å². The van der Waals surface area contributed by atoms with E-state index in [1.165, 1.54) is 11.3 Å². The first-order chi connectivity index (χ1) is 11.5. The number of hydrogen-bond donors (Lipinski definition) is 1. The van der Waals surface area contributed by atoms with Crippen molar-refractivity contribution in [2.24, 2.45) is 0 Å². The van der Waals surface area contributed by atoms with Crippen molar-refractivity contribution in [1.82, 2.24) is 20.1 Å². The normalized spacial score (nSPS) is 18.2. The summed E-state index contributed by atoms with van der Waals surface area (Å²) in [6.45, 7) is 9.04. The molecule has 0 radical (unpaired) electrons. The number of ether oxygens (including phenoxy) is 1. The first-order valence-corrected chi connectivity index (χ1v) is 8.70. The fourth-order valence-corrected chi connectivity index (χ4v) is 3.29. The van der Waals surface area contributed by atoms with Gasteiger partial charge >= 0.3 is 6.03 Å². The maximum Gasteiger partial charge on any atom is 0.323 e. The van der Waals surface area contributed by atoms with Crippen LogP contribution >= 0.6 is 11.3 Å². The quantitative estimate of drug-likeness (QED) is 0.914. The van der Waals surface area contributed by atoms with Gasteiger partial charge in [-0.15, -0.1) is 21.5 Å². The first-order valence-electron chi connectivity index (χ1n) is 7.88. The Kier molecular flexibility index (Phi) is 4.81. The minimum Gasteiger partial charge on any atom is -0.423 e. The van der Waals surface area contributed by atoms with E-state index in [1.54, 1.807) is 4.90 Å². The fraction of sp³-hybridized carbons (Fsp3) is 0.600. The second-order valence-corrected chi connectivity index (χ2v) is 7.20. The van der Waals surface area contributed by atoms with Gasteiger partial charge < -0.3 is 14.1 Å². The molecule has 1 atom stereocenters. The van der Waals surface area contributed by atoms with E-state index in [0.717, 1.165) is 15.7 Å². The number of nitrogens with zero attached hydrogens (tertiary/aromatic N) is 4. The molecule has 1 saturated heterocycles. The predicted molar refractivity (Wildman–Crippen MR) is 89.3 cm³/mol. The number of nitrogens with one attached hydrogen (secondary N) is 1. The number of aromatic nitrogens is 3. The Morgan fingerprint density at radius 1 is 1.38 bits per heavy atom. The number of rotatable bonds is 3. The molecule has 0 saturated carbocycles. The standard InChI is InChI=1S/C15H21N5O3S/c1-8(2)12-18-19-13(23-12)11-7-22-6-5-20(11)15(21)17-14-9(3)16-10(4)24-14/h8,11H,5-7H2,1-4H3,(H,17,21). The van der Waals surface area contributed by atoms with Crippen LogP contribution < -0.4 is 5.32 Å². The molecule has 3 rings (SSSR count). The molecule has 2 amide bonds. The van der Waals surface area contributed by atoms with Gasteiger partial charge in [-0.2, -0.15) is 0 Å². The van der Waals surface area contributed by atoms with E-state index in [0.29, 0.717) is 31.5 Å². The van der Waals surface area contributed by atoms with E-state index in [1.807, 2.05) is 27.7 Å². The SMILES string of the molecule is Cc1nc(C)c(NC(=O)N2CCOCC2c2nnc(C(C)C)o2)s1. The van der Waals surface area contributed by atoms with E-state index in [-0.39, 0.29) is 18.0 Å². The molecule has 8 nitrogen and oxygen atoms in total. The zero-order valence-electron chi connectivity index (χ0n) is 14.2. The summed E-state index contributed by atoms with van der Waals surface area (Å²) in [5.41, 5.74) is 0.815. The Morgan fingerprint density at radius 3 is 2.79 bits per heavy atom. The molecule has 24 heavy (non-hydrogen) atoms. The van der Waals surface area contributed by atoms with Crippen LogP contribution in [0.25, 0.3) is 0 Å². The second kappa shape index (κ2) is 6.86. The lowest BCUT2D eigenvalue weighted by atomic mass is 10.2. The van der Waals surface area contributed by atoms with Gasteiger partial charge in [-0.25, -0.2) is 9.78 Å². The van der Waals surface area contributed by atoms with Crippen molar-refractivity contribution in [3.63, 3.8) is 0 Å². The molecule has 1 N–H and O–H groups in total. The molecule has 0 aromatic carbocycles. The maximum atomic E-state index is 12.7. The molecule has 130 valence electrons. The zero-order chi connectivity index (χ0) is 17.3. The molecular weight excluding hydrogens is 330 g/mol. The number of anilines is 1. The van der Waals surface area contributed by atoms with Gasteiger partial charge in [0.15, 0.2) is 0 Å². The summed E-state index contributed by atoms with van der Waals surface area (Å²) in [6, 6.07) is -0.590. The molecule has 0 spiro atoms. The van der Waals surface area contributed by atoms with Crippen molar-refractivity contribution in [2.45, 2.75) is 39.7 Å². The Hall–Kier alpha value is -2.00. The lowest BCUT2D eigenvalue weighted by Gasteiger charge is -2.33. The molecule has 1 aliphatic heterocycles. The Balaban J connectivity index is 1.78. The summed E-state index contributed by atoms with van der Waals surface area (Å²) >= 11 is 1.46. The third kappa shape index (κ3) is 3.41. The third-order valence-electron chi connectivity index (χ3n) is 3.75. The highest BCUT2D eigenvalue weighted by atomic mass is 32.1. The van der Waals surface area contributed by atoms with Gasteiger partial charge in [-0.1, -0.05) is 13.8 Å². The Labute approximate surface area is 144 Å². The predicted octanol–water partition coefficient (Wildman–Crippen LogP) is 2.87. The van der Waals surface area contributed by atoms with E-state index in [4.69, 9.17) is 9.15 Å². The number of thiazole rings is 1. The van der Waals surface area contributed by atoms with Gasteiger partial charge in [0.2, 0.25) is 11.8 Å². The molecule has 2 aromatic heterocycles. The van der Waals surface area contributed by atoms with Crippen molar-refractivity contribution in [3.8, 4) is 0 Å². The summed E-state index contributed by atoms with van der Waals surface area (Å²) in [7, 11) is 0.